The Morgan fingerprint density at radius 1 is 1.19 bits per heavy atom. The SMILES string of the molecule is OCc1ccc(SCCC2OCCO2)cc1. The minimum absolute atomic E-state index is 0.00999. The van der Waals surface area contributed by atoms with Crippen molar-refractivity contribution in [2.75, 3.05) is 19.0 Å². The molecule has 0 spiro atoms. The number of aliphatic hydroxyl groups is 1. The van der Waals surface area contributed by atoms with Crippen LogP contribution in [0.4, 0.5) is 0 Å². The quantitative estimate of drug-likeness (QED) is 0.799. The van der Waals surface area contributed by atoms with Crippen LogP contribution < -0.4 is 0 Å². The average Bonchev–Trinajstić information content (AvgIpc) is 2.83. The minimum atomic E-state index is -0.00999. The van der Waals surface area contributed by atoms with Gasteiger partial charge in [-0.05, 0) is 17.7 Å². The van der Waals surface area contributed by atoms with Crippen molar-refractivity contribution in [2.45, 2.75) is 24.2 Å². The molecule has 1 aromatic rings. The molecule has 3 nitrogen and oxygen atoms in total. The Kier molecular flexibility index (Phi) is 4.66. The van der Waals surface area contributed by atoms with Crippen molar-refractivity contribution in [2.24, 2.45) is 0 Å². The Morgan fingerprint density at radius 3 is 2.50 bits per heavy atom. The fourth-order valence-electron chi connectivity index (χ4n) is 1.54. The summed E-state index contributed by atoms with van der Waals surface area (Å²) in [6.07, 6.45) is 0.913. The Hall–Kier alpha value is -0.550. The largest absolute Gasteiger partial charge is 0.392 e. The topological polar surface area (TPSA) is 38.7 Å². The molecule has 0 bridgehead atoms. The van der Waals surface area contributed by atoms with E-state index in [1.807, 2.05) is 24.3 Å². The summed E-state index contributed by atoms with van der Waals surface area (Å²) in [7, 11) is 0. The summed E-state index contributed by atoms with van der Waals surface area (Å²) in [5, 5.41) is 8.91. The number of ether oxygens (including phenoxy) is 2. The van der Waals surface area contributed by atoms with Crippen LogP contribution in [0.2, 0.25) is 0 Å². The molecule has 1 saturated heterocycles. The highest BCUT2D eigenvalue weighted by molar-refractivity contribution is 7.99. The third-order valence-corrected chi connectivity index (χ3v) is 3.46. The number of rotatable bonds is 5. The van der Waals surface area contributed by atoms with Crippen LogP contribution in [0.15, 0.2) is 29.2 Å². The predicted molar refractivity (Wildman–Crippen MR) is 63.4 cm³/mol. The van der Waals surface area contributed by atoms with Crippen molar-refractivity contribution in [3.8, 4) is 0 Å². The van der Waals surface area contributed by atoms with E-state index in [1.165, 1.54) is 4.90 Å². The lowest BCUT2D eigenvalue weighted by atomic mass is 10.2. The smallest absolute Gasteiger partial charge is 0.158 e. The number of aliphatic hydroxyl groups excluding tert-OH is 1. The maximum absolute atomic E-state index is 8.91. The van der Waals surface area contributed by atoms with Gasteiger partial charge in [-0.2, -0.15) is 0 Å². The van der Waals surface area contributed by atoms with E-state index in [9.17, 15) is 0 Å². The van der Waals surface area contributed by atoms with Gasteiger partial charge in [-0.3, -0.25) is 0 Å². The molecule has 1 heterocycles. The van der Waals surface area contributed by atoms with E-state index in [0.717, 1.165) is 31.0 Å². The summed E-state index contributed by atoms with van der Waals surface area (Å²) in [4.78, 5) is 1.22. The van der Waals surface area contributed by atoms with Gasteiger partial charge < -0.3 is 14.6 Å². The third kappa shape index (κ3) is 3.49. The first-order chi connectivity index (χ1) is 7.88. The molecule has 0 amide bonds. The van der Waals surface area contributed by atoms with Crippen LogP contribution in [0.25, 0.3) is 0 Å². The summed E-state index contributed by atoms with van der Waals surface area (Å²) in [5.74, 6) is 0.989. The van der Waals surface area contributed by atoms with Crippen molar-refractivity contribution >= 4 is 11.8 Å². The van der Waals surface area contributed by atoms with E-state index in [2.05, 4.69) is 0 Å². The highest BCUT2D eigenvalue weighted by Gasteiger charge is 2.14. The molecule has 4 heteroatoms. The molecule has 1 N–H and O–H groups in total. The van der Waals surface area contributed by atoms with Gasteiger partial charge in [-0.25, -0.2) is 0 Å². The van der Waals surface area contributed by atoms with Gasteiger partial charge in [0.2, 0.25) is 0 Å². The van der Waals surface area contributed by atoms with Crippen LogP contribution >= 0.6 is 11.8 Å². The molecule has 0 radical (unpaired) electrons. The Morgan fingerprint density at radius 2 is 1.88 bits per heavy atom. The molecule has 88 valence electrons. The second-order valence-corrected chi connectivity index (χ2v) is 4.78. The summed E-state index contributed by atoms with van der Waals surface area (Å²) in [6, 6.07) is 7.97. The molecule has 0 aromatic heterocycles. The van der Waals surface area contributed by atoms with Gasteiger partial charge in [0.25, 0.3) is 0 Å². The molecule has 0 atom stereocenters. The van der Waals surface area contributed by atoms with Crippen LogP contribution in [0.1, 0.15) is 12.0 Å². The van der Waals surface area contributed by atoms with Gasteiger partial charge in [-0.1, -0.05) is 12.1 Å². The van der Waals surface area contributed by atoms with Gasteiger partial charge in [0.15, 0.2) is 6.29 Å². The van der Waals surface area contributed by atoms with E-state index >= 15 is 0 Å². The lowest BCUT2D eigenvalue weighted by molar-refractivity contribution is -0.0421. The normalized spacial score (nSPS) is 16.8. The summed E-state index contributed by atoms with van der Waals surface area (Å²) < 4.78 is 10.7. The third-order valence-electron chi connectivity index (χ3n) is 2.42. The molecule has 1 aliphatic heterocycles. The first kappa shape index (κ1) is 11.9. The lowest BCUT2D eigenvalue weighted by Gasteiger charge is -2.08. The number of benzene rings is 1. The summed E-state index contributed by atoms with van der Waals surface area (Å²) >= 11 is 1.78. The second-order valence-electron chi connectivity index (χ2n) is 3.61. The zero-order valence-electron chi connectivity index (χ0n) is 9.09. The van der Waals surface area contributed by atoms with Gasteiger partial charge in [0, 0.05) is 17.1 Å². The van der Waals surface area contributed by atoms with Gasteiger partial charge >= 0.3 is 0 Å². The molecule has 2 rings (SSSR count). The van der Waals surface area contributed by atoms with Gasteiger partial charge in [-0.15, -0.1) is 11.8 Å². The molecule has 1 fully saturated rings. The zero-order valence-corrected chi connectivity index (χ0v) is 9.91. The van der Waals surface area contributed by atoms with Crippen molar-refractivity contribution < 1.29 is 14.6 Å². The van der Waals surface area contributed by atoms with Gasteiger partial charge in [0.1, 0.15) is 0 Å². The van der Waals surface area contributed by atoms with E-state index < -0.39 is 0 Å². The number of thioether (sulfide) groups is 1. The summed E-state index contributed by atoms with van der Waals surface area (Å²) in [5.41, 5.74) is 0.951. The Labute approximate surface area is 99.8 Å². The fourth-order valence-corrected chi connectivity index (χ4v) is 2.41. The molecule has 1 aromatic carbocycles. The van der Waals surface area contributed by atoms with E-state index in [0.29, 0.717) is 0 Å². The van der Waals surface area contributed by atoms with Gasteiger partial charge in [0.05, 0.1) is 19.8 Å². The maximum Gasteiger partial charge on any atom is 0.158 e. The van der Waals surface area contributed by atoms with Crippen LogP contribution in [0.5, 0.6) is 0 Å². The fraction of sp³-hybridized carbons (Fsp3) is 0.500. The van der Waals surface area contributed by atoms with Crippen molar-refractivity contribution in [3.63, 3.8) is 0 Å². The molecule has 16 heavy (non-hydrogen) atoms. The standard InChI is InChI=1S/C12H16O3S/c13-9-10-1-3-11(4-2-10)16-8-5-12-14-6-7-15-12/h1-4,12-13H,5-9H2. The van der Waals surface area contributed by atoms with Crippen LogP contribution in [0.3, 0.4) is 0 Å². The first-order valence-corrected chi connectivity index (χ1v) is 6.43. The molecular weight excluding hydrogens is 224 g/mol. The second kappa shape index (κ2) is 6.25. The first-order valence-electron chi connectivity index (χ1n) is 5.44. The number of hydrogen-bond acceptors (Lipinski definition) is 4. The van der Waals surface area contributed by atoms with Crippen LogP contribution in [0, 0.1) is 0 Å². The monoisotopic (exact) mass is 240 g/mol. The lowest BCUT2D eigenvalue weighted by Crippen LogP contribution is -2.08. The molecule has 1 aliphatic rings. The Balaban J connectivity index is 1.71. The molecule has 0 aliphatic carbocycles. The maximum atomic E-state index is 8.91. The van der Waals surface area contributed by atoms with E-state index in [1.54, 1.807) is 11.8 Å². The highest BCUT2D eigenvalue weighted by atomic mass is 32.2. The molecule has 0 unspecified atom stereocenters. The van der Waals surface area contributed by atoms with Crippen molar-refractivity contribution in [1.82, 2.24) is 0 Å². The average molecular weight is 240 g/mol. The zero-order chi connectivity index (χ0) is 11.2. The minimum Gasteiger partial charge on any atom is -0.392 e. The number of hydrogen-bond donors (Lipinski definition) is 1. The summed E-state index contributed by atoms with van der Waals surface area (Å²) in [6.45, 7) is 1.55. The van der Waals surface area contributed by atoms with Crippen molar-refractivity contribution in [3.05, 3.63) is 29.8 Å². The van der Waals surface area contributed by atoms with Crippen LogP contribution in [-0.4, -0.2) is 30.4 Å². The van der Waals surface area contributed by atoms with E-state index in [-0.39, 0.29) is 12.9 Å². The molecular formula is C12H16O3S. The Bertz CT molecular complexity index is 307. The van der Waals surface area contributed by atoms with E-state index in [4.69, 9.17) is 14.6 Å². The molecule has 0 saturated carbocycles. The predicted octanol–water partition coefficient (Wildman–Crippen LogP) is 2.03. The van der Waals surface area contributed by atoms with Crippen LogP contribution in [-0.2, 0) is 16.1 Å². The highest BCUT2D eigenvalue weighted by Crippen LogP contribution is 2.21. The van der Waals surface area contributed by atoms with Crippen molar-refractivity contribution in [1.29, 1.82) is 0 Å².